The van der Waals surface area contributed by atoms with Gasteiger partial charge in [-0.25, -0.2) is 0 Å². The fraction of sp³-hybridized carbons (Fsp3) is 0.222. The number of amides is 2. The molecule has 2 aromatic carbocycles. The summed E-state index contributed by atoms with van der Waals surface area (Å²) in [4.78, 5) is 36.0. The van der Waals surface area contributed by atoms with Crippen LogP contribution >= 0.6 is 0 Å². The zero-order valence-electron chi connectivity index (χ0n) is 14.3. The molecule has 1 aliphatic rings. The summed E-state index contributed by atoms with van der Waals surface area (Å²) in [6.07, 6.45) is -1.16. The number of nitrogens with zero attached hydrogens (tertiary/aromatic N) is 2. The third-order valence-corrected chi connectivity index (χ3v) is 4.07. The van der Waals surface area contributed by atoms with Crippen molar-refractivity contribution in [3.05, 3.63) is 63.7 Å². The second kappa shape index (κ2) is 7.42. The molecular formula is C18H16N2O7. The Hall–Kier alpha value is -3.46. The number of carbonyl (C=O) groups is 2. The topological polar surface area (TPSA) is 119 Å². The van der Waals surface area contributed by atoms with Gasteiger partial charge in [-0.2, -0.15) is 0 Å². The number of aliphatic hydroxyl groups excluding tert-OH is 1. The number of methoxy groups -OCH3 is 1. The minimum atomic E-state index is -1.16. The number of aliphatic hydroxyl groups is 1. The molecule has 0 saturated carbocycles. The largest absolute Gasteiger partial charge is 0.497 e. The molecule has 0 saturated heterocycles. The van der Waals surface area contributed by atoms with Crippen LogP contribution in [0.1, 0.15) is 20.7 Å². The lowest BCUT2D eigenvalue weighted by molar-refractivity contribution is -0.385. The monoisotopic (exact) mass is 372 g/mol. The van der Waals surface area contributed by atoms with Crippen LogP contribution in [0.2, 0.25) is 0 Å². The predicted molar refractivity (Wildman–Crippen MR) is 93.0 cm³/mol. The number of β-amino-alcohol motifs (C(OH)–C–C–N with tert-alkyl or cyclic N) is 1. The highest BCUT2D eigenvalue weighted by Crippen LogP contribution is 2.30. The van der Waals surface area contributed by atoms with Crippen LogP contribution in [0.15, 0.2) is 42.5 Å². The van der Waals surface area contributed by atoms with Crippen LogP contribution in [0, 0.1) is 10.1 Å². The first-order chi connectivity index (χ1) is 12.9. The second-order valence-corrected chi connectivity index (χ2v) is 5.82. The number of rotatable bonds is 7. The zero-order chi connectivity index (χ0) is 19.6. The number of nitro benzene ring substituents is 1. The number of fused-ring (bicyclic) bond motifs is 1. The van der Waals surface area contributed by atoms with Crippen LogP contribution in [0.5, 0.6) is 11.5 Å². The Balaban J connectivity index is 1.67. The molecule has 140 valence electrons. The Morgan fingerprint density at radius 2 is 1.78 bits per heavy atom. The molecule has 2 amide bonds. The van der Waals surface area contributed by atoms with E-state index in [-0.39, 0.29) is 24.3 Å². The SMILES string of the molecule is COc1ccc(OC[C@H](O)CN2C(=O)c3cccc([N+](=O)[O-])c3C2=O)cc1. The first kappa shape index (κ1) is 18.3. The molecule has 0 bridgehead atoms. The third kappa shape index (κ3) is 3.58. The second-order valence-electron chi connectivity index (χ2n) is 5.82. The quantitative estimate of drug-likeness (QED) is 0.446. The molecule has 0 spiro atoms. The Bertz CT molecular complexity index is 895. The number of ether oxygens (including phenoxy) is 2. The molecule has 9 nitrogen and oxygen atoms in total. The van der Waals surface area contributed by atoms with E-state index in [0.717, 1.165) is 11.0 Å². The summed E-state index contributed by atoms with van der Waals surface area (Å²) in [5.74, 6) is -0.351. The van der Waals surface area contributed by atoms with E-state index in [2.05, 4.69) is 0 Å². The van der Waals surface area contributed by atoms with Gasteiger partial charge in [0.1, 0.15) is 29.8 Å². The highest BCUT2D eigenvalue weighted by atomic mass is 16.6. The Morgan fingerprint density at radius 1 is 1.11 bits per heavy atom. The summed E-state index contributed by atoms with van der Waals surface area (Å²) in [5, 5.41) is 21.2. The average molecular weight is 372 g/mol. The molecule has 0 unspecified atom stereocenters. The average Bonchev–Trinajstić information content (AvgIpc) is 2.91. The molecule has 1 aliphatic heterocycles. The summed E-state index contributed by atoms with van der Waals surface area (Å²) in [6.45, 7) is -0.499. The van der Waals surface area contributed by atoms with Gasteiger partial charge in [0.2, 0.25) is 0 Å². The summed E-state index contributed by atoms with van der Waals surface area (Å²) in [7, 11) is 1.53. The van der Waals surface area contributed by atoms with E-state index in [0.29, 0.717) is 11.5 Å². The third-order valence-electron chi connectivity index (χ3n) is 4.07. The molecule has 0 aromatic heterocycles. The van der Waals surface area contributed by atoms with Crippen molar-refractivity contribution >= 4 is 17.5 Å². The molecule has 3 rings (SSSR count). The molecule has 0 aliphatic carbocycles. The molecule has 2 aromatic rings. The van der Waals surface area contributed by atoms with Crippen LogP contribution in [-0.2, 0) is 0 Å². The van der Waals surface area contributed by atoms with E-state index in [1.165, 1.54) is 19.2 Å². The van der Waals surface area contributed by atoms with Gasteiger partial charge in [0.05, 0.1) is 24.1 Å². The smallest absolute Gasteiger partial charge is 0.282 e. The fourth-order valence-electron chi connectivity index (χ4n) is 2.76. The van der Waals surface area contributed by atoms with Gasteiger partial charge in [-0.3, -0.25) is 24.6 Å². The van der Waals surface area contributed by atoms with Crippen LogP contribution < -0.4 is 9.47 Å². The van der Waals surface area contributed by atoms with Gasteiger partial charge in [0.15, 0.2) is 0 Å². The van der Waals surface area contributed by atoms with Crippen LogP contribution in [-0.4, -0.2) is 53.1 Å². The van der Waals surface area contributed by atoms with E-state index >= 15 is 0 Å². The van der Waals surface area contributed by atoms with Gasteiger partial charge >= 0.3 is 0 Å². The standard InChI is InChI=1S/C18H16N2O7/c1-26-12-5-7-13(8-6-12)27-10-11(21)9-19-17(22)14-3-2-4-15(20(24)25)16(14)18(19)23/h2-8,11,21H,9-10H2,1H3/t11-/m1/s1. The van der Waals surface area contributed by atoms with Crippen molar-refractivity contribution in [1.29, 1.82) is 0 Å². The first-order valence-corrected chi connectivity index (χ1v) is 8.01. The summed E-state index contributed by atoms with van der Waals surface area (Å²) in [6, 6.07) is 10.5. The molecule has 1 N–H and O–H groups in total. The number of benzene rings is 2. The van der Waals surface area contributed by atoms with Gasteiger partial charge < -0.3 is 14.6 Å². The Morgan fingerprint density at radius 3 is 2.41 bits per heavy atom. The van der Waals surface area contributed by atoms with Crippen molar-refractivity contribution in [2.24, 2.45) is 0 Å². The highest BCUT2D eigenvalue weighted by molar-refractivity contribution is 6.23. The highest BCUT2D eigenvalue weighted by Gasteiger charge is 2.41. The minimum absolute atomic E-state index is 0.0440. The maximum Gasteiger partial charge on any atom is 0.282 e. The van der Waals surface area contributed by atoms with E-state index in [1.54, 1.807) is 24.3 Å². The summed E-state index contributed by atoms with van der Waals surface area (Å²) < 4.78 is 10.5. The van der Waals surface area contributed by atoms with Crippen LogP contribution in [0.4, 0.5) is 5.69 Å². The zero-order valence-corrected chi connectivity index (χ0v) is 14.3. The maximum atomic E-state index is 12.4. The van der Waals surface area contributed by atoms with Gasteiger partial charge in [0.25, 0.3) is 17.5 Å². The molecule has 1 heterocycles. The minimum Gasteiger partial charge on any atom is -0.497 e. The lowest BCUT2D eigenvalue weighted by atomic mass is 10.1. The molecule has 0 fully saturated rings. The van der Waals surface area contributed by atoms with Crippen LogP contribution in [0.3, 0.4) is 0 Å². The number of nitro groups is 1. The number of hydrogen-bond donors (Lipinski definition) is 1. The maximum absolute atomic E-state index is 12.4. The van der Waals surface area contributed by atoms with Crippen molar-refractivity contribution in [2.75, 3.05) is 20.3 Å². The van der Waals surface area contributed by atoms with Crippen molar-refractivity contribution in [3.63, 3.8) is 0 Å². The number of imide groups is 1. The van der Waals surface area contributed by atoms with E-state index in [9.17, 15) is 24.8 Å². The van der Waals surface area contributed by atoms with E-state index in [1.807, 2.05) is 0 Å². The van der Waals surface area contributed by atoms with Crippen molar-refractivity contribution in [1.82, 2.24) is 4.90 Å². The molecular weight excluding hydrogens is 356 g/mol. The van der Waals surface area contributed by atoms with Gasteiger partial charge in [0, 0.05) is 6.07 Å². The fourth-order valence-corrected chi connectivity index (χ4v) is 2.76. The predicted octanol–water partition coefficient (Wildman–Crippen LogP) is 1.64. The molecule has 27 heavy (non-hydrogen) atoms. The lowest BCUT2D eigenvalue weighted by Crippen LogP contribution is -2.39. The summed E-state index contributed by atoms with van der Waals surface area (Å²) >= 11 is 0. The van der Waals surface area contributed by atoms with Crippen molar-refractivity contribution < 1.29 is 29.1 Å². The number of hydrogen-bond acceptors (Lipinski definition) is 7. The Labute approximate surface area is 153 Å². The van der Waals surface area contributed by atoms with Crippen molar-refractivity contribution in [2.45, 2.75) is 6.10 Å². The first-order valence-electron chi connectivity index (χ1n) is 8.01. The molecule has 0 radical (unpaired) electrons. The van der Waals surface area contributed by atoms with Gasteiger partial charge in [-0.05, 0) is 30.3 Å². The van der Waals surface area contributed by atoms with Crippen LogP contribution in [0.25, 0.3) is 0 Å². The Kier molecular flexibility index (Phi) is 5.04. The van der Waals surface area contributed by atoms with Gasteiger partial charge in [-0.15, -0.1) is 0 Å². The molecule has 9 heteroatoms. The number of carbonyl (C=O) groups excluding carboxylic acids is 2. The molecule has 1 atom stereocenters. The normalized spacial score (nSPS) is 14.1. The van der Waals surface area contributed by atoms with E-state index < -0.39 is 28.5 Å². The van der Waals surface area contributed by atoms with Crippen molar-refractivity contribution in [3.8, 4) is 11.5 Å². The van der Waals surface area contributed by atoms with Gasteiger partial charge in [-0.1, -0.05) is 6.07 Å². The lowest BCUT2D eigenvalue weighted by Gasteiger charge is -2.18. The summed E-state index contributed by atoms with van der Waals surface area (Å²) in [5.41, 5.74) is -0.731. The van der Waals surface area contributed by atoms with E-state index in [4.69, 9.17) is 9.47 Å².